The van der Waals surface area contributed by atoms with Crippen LogP contribution in [0.25, 0.3) is 0 Å². The van der Waals surface area contributed by atoms with Crippen LogP contribution in [0.4, 0.5) is 18.9 Å². The highest BCUT2D eigenvalue weighted by molar-refractivity contribution is 5.90. The van der Waals surface area contributed by atoms with Crippen LogP contribution in [0.15, 0.2) is 18.3 Å². The van der Waals surface area contributed by atoms with Gasteiger partial charge in [-0.1, -0.05) is 0 Å². The fourth-order valence-corrected chi connectivity index (χ4v) is 1.26. The molecule has 0 unspecified atom stereocenters. The predicted molar refractivity (Wildman–Crippen MR) is 58.8 cm³/mol. The van der Waals surface area contributed by atoms with E-state index in [1.165, 1.54) is 0 Å². The lowest BCUT2D eigenvalue weighted by atomic mass is 10.2. The standard InChI is InChI=1S/C11H13F3N2O2/c12-11(13,14)9-5-4-8(7-15-9)16-10(18)3-1-2-6-17/h4-5,7,17H,1-3,6H2,(H,16,18). The Bertz CT molecular complexity index is 390. The van der Waals surface area contributed by atoms with Crippen molar-refractivity contribution in [3.05, 3.63) is 24.0 Å². The van der Waals surface area contributed by atoms with Gasteiger partial charge in [-0.3, -0.25) is 4.79 Å². The summed E-state index contributed by atoms with van der Waals surface area (Å²) in [6, 6.07) is 1.96. The zero-order chi connectivity index (χ0) is 13.6. The van der Waals surface area contributed by atoms with Crippen LogP contribution < -0.4 is 5.32 Å². The van der Waals surface area contributed by atoms with E-state index in [2.05, 4.69) is 10.3 Å². The average molecular weight is 262 g/mol. The van der Waals surface area contributed by atoms with E-state index in [0.29, 0.717) is 12.8 Å². The number of nitrogens with one attached hydrogen (secondary N) is 1. The third-order valence-electron chi connectivity index (χ3n) is 2.15. The lowest BCUT2D eigenvalue weighted by Crippen LogP contribution is -2.13. The number of aliphatic hydroxyl groups is 1. The number of hydrogen-bond donors (Lipinski definition) is 2. The summed E-state index contributed by atoms with van der Waals surface area (Å²) >= 11 is 0. The maximum Gasteiger partial charge on any atom is 0.433 e. The number of halogens is 3. The minimum Gasteiger partial charge on any atom is -0.396 e. The summed E-state index contributed by atoms with van der Waals surface area (Å²) < 4.78 is 36.6. The third-order valence-corrected chi connectivity index (χ3v) is 2.15. The summed E-state index contributed by atoms with van der Waals surface area (Å²) in [4.78, 5) is 14.5. The first-order valence-corrected chi connectivity index (χ1v) is 5.37. The lowest BCUT2D eigenvalue weighted by Gasteiger charge is -2.07. The number of carbonyl (C=O) groups excluding carboxylic acids is 1. The molecule has 1 amide bonds. The van der Waals surface area contributed by atoms with Crippen LogP contribution >= 0.6 is 0 Å². The molecule has 1 aromatic rings. The number of nitrogens with zero attached hydrogens (tertiary/aromatic N) is 1. The molecule has 0 aliphatic heterocycles. The molecule has 0 aliphatic rings. The van der Waals surface area contributed by atoms with Crippen molar-refractivity contribution in [2.24, 2.45) is 0 Å². The van der Waals surface area contributed by atoms with Crippen LogP contribution in [0.1, 0.15) is 25.0 Å². The SMILES string of the molecule is O=C(CCCCO)Nc1ccc(C(F)(F)F)nc1. The lowest BCUT2D eigenvalue weighted by molar-refractivity contribution is -0.141. The number of pyridine rings is 1. The molecule has 0 aromatic carbocycles. The van der Waals surface area contributed by atoms with E-state index in [-0.39, 0.29) is 24.6 Å². The Morgan fingerprint density at radius 3 is 2.56 bits per heavy atom. The molecule has 1 heterocycles. The molecule has 0 saturated carbocycles. The normalized spacial score (nSPS) is 11.3. The van der Waals surface area contributed by atoms with E-state index < -0.39 is 11.9 Å². The van der Waals surface area contributed by atoms with Gasteiger partial charge in [0.15, 0.2) is 0 Å². The summed E-state index contributed by atoms with van der Waals surface area (Å²) in [6.45, 7) is 0.00904. The van der Waals surface area contributed by atoms with Crippen LogP contribution in [-0.2, 0) is 11.0 Å². The van der Waals surface area contributed by atoms with Crippen molar-refractivity contribution in [3.63, 3.8) is 0 Å². The Labute approximate surface area is 102 Å². The number of alkyl halides is 3. The minimum atomic E-state index is -4.48. The number of hydrogen-bond acceptors (Lipinski definition) is 3. The van der Waals surface area contributed by atoms with Gasteiger partial charge in [0.25, 0.3) is 0 Å². The van der Waals surface area contributed by atoms with Crippen molar-refractivity contribution >= 4 is 11.6 Å². The summed E-state index contributed by atoms with van der Waals surface area (Å²) in [5, 5.41) is 11.0. The quantitative estimate of drug-likeness (QED) is 0.800. The second kappa shape index (κ2) is 6.34. The molecular formula is C11H13F3N2O2. The van der Waals surface area contributed by atoms with Gasteiger partial charge in [-0.25, -0.2) is 4.98 Å². The molecule has 7 heteroatoms. The highest BCUT2D eigenvalue weighted by Crippen LogP contribution is 2.27. The first-order chi connectivity index (χ1) is 8.43. The molecule has 18 heavy (non-hydrogen) atoms. The molecule has 0 bridgehead atoms. The molecule has 0 fully saturated rings. The number of unbranched alkanes of at least 4 members (excludes halogenated alkanes) is 1. The zero-order valence-electron chi connectivity index (χ0n) is 9.50. The van der Waals surface area contributed by atoms with Crippen molar-refractivity contribution in [2.75, 3.05) is 11.9 Å². The van der Waals surface area contributed by atoms with Gasteiger partial charge >= 0.3 is 6.18 Å². The molecular weight excluding hydrogens is 249 g/mol. The predicted octanol–water partition coefficient (Wildman–Crippen LogP) is 2.20. The summed E-state index contributed by atoms with van der Waals surface area (Å²) in [7, 11) is 0. The van der Waals surface area contributed by atoms with Gasteiger partial charge in [0, 0.05) is 13.0 Å². The van der Waals surface area contributed by atoms with E-state index in [4.69, 9.17) is 5.11 Å². The number of anilines is 1. The number of rotatable bonds is 5. The largest absolute Gasteiger partial charge is 0.433 e. The van der Waals surface area contributed by atoms with Crippen molar-refractivity contribution < 1.29 is 23.1 Å². The second-order valence-corrected chi connectivity index (χ2v) is 3.66. The molecule has 0 atom stereocenters. The summed E-state index contributed by atoms with van der Waals surface area (Å²) in [5.74, 6) is -0.315. The van der Waals surface area contributed by atoms with E-state index >= 15 is 0 Å². The molecule has 1 rings (SSSR count). The molecule has 0 saturated heterocycles. The first kappa shape index (κ1) is 14.4. The third kappa shape index (κ3) is 4.70. The van der Waals surface area contributed by atoms with Gasteiger partial charge in [-0.05, 0) is 25.0 Å². The molecule has 0 aliphatic carbocycles. The van der Waals surface area contributed by atoms with E-state index in [1.807, 2.05) is 0 Å². The minimum absolute atomic E-state index is 0.00904. The van der Waals surface area contributed by atoms with Crippen molar-refractivity contribution in [3.8, 4) is 0 Å². The zero-order valence-corrected chi connectivity index (χ0v) is 9.50. The summed E-state index contributed by atoms with van der Waals surface area (Å²) in [6.07, 6.45) is -2.27. The Morgan fingerprint density at radius 2 is 2.06 bits per heavy atom. The topological polar surface area (TPSA) is 62.2 Å². The highest BCUT2D eigenvalue weighted by atomic mass is 19.4. The molecule has 0 spiro atoms. The van der Waals surface area contributed by atoms with Gasteiger partial charge in [0.2, 0.25) is 5.91 Å². The maximum absolute atomic E-state index is 12.2. The van der Waals surface area contributed by atoms with Crippen LogP contribution in [0.3, 0.4) is 0 Å². The highest BCUT2D eigenvalue weighted by Gasteiger charge is 2.32. The Morgan fingerprint density at radius 1 is 1.33 bits per heavy atom. The number of aromatic nitrogens is 1. The summed E-state index contributed by atoms with van der Waals surface area (Å²) in [5.41, 5.74) is -0.780. The molecule has 1 aromatic heterocycles. The van der Waals surface area contributed by atoms with Gasteiger partial charge in [0.1, 0.15) is 5.69 Å². The number of aliphatic hydroxyl groups excluding tert-OH is 1. The number of carbonyl (C=O) groups is 1. The smallest absolute Gasteiger partial charge is 0.396 e. The molecule has 2 N–H and O–H groups in total. The Kier molecular flexibility index (Phi) is 5.08. The van der Waals surface area contributed by atoms with Crippen LogP contribution in [0.5, 0.6) is 0 Å². The van der Waals surface area contributed by atoms with Crippen LogP contribution in [0, 0.1) is 0 Å². The van der Waals surface area contributed by atoms with Crippen molar-refractivity contribution in [1.29, 1.82) is 0 Å². The average Bonchev–Trinajstić information content (AvgIpc) is 2.29. The Hall–Kier alpha value is -1.63. The molecule has 0 radical (unpaired) electrons. The van der Waals surface area contributed by atoms with Gasteiger partial charge in [-0.2, -0.15) is 13.2 Å². The number of amides is 1. The van der Waals surface area contributed by atoms with Crippen molar-refractivity contribution in [1.82, 2.24) is 4.98 Å². The Balaban J connectivity index is 2.51. The monoisotopic (exact) mass is 262 g/mol. The van der Waals surface area contributed by atoms with E-state index in [1.54, 1.807) is 0 Å². The van der Waals surface area contributed by atoms with Gasteiger partial charge in [-0.15, -0.1) is 0 Å². The van der Waals surface area contributed by atoms with Gasteiger partial charge in [0.05, 0.1) is 11.9 Å². The molecule has 100 valence electrons. The van der Waals surface area contributed by atoms with E-state index in [9.17, 15) is 18.0 Å². The maximum atomic E-state index is 12.2. The first-order valence-electron chi connectivity index (χ1n) is 5.37. The fraction of sp³-hybridized carbons (Fsp3) is 0.455. The van der Waals surface area contributed by atoms with E-state index in [0.717, 1.165) is 18.3 Å². The van der Waals surface area contributed by atoms with Crippen LogP contribution in [0.2, 0.25) is 0 Å². The van der Waals surface area contributed by atoms with Crippen molar-refractivity contribution in [2.45, 2.75) is 25.4 Å². The second-order valence-electron chi connectivity index (χ2n) is 3.66. The fourth-order valence-electron chi connectivity index (χ4n) is 1.26. The van der Waals surface area contributed by atoms with Gasteiger partial charge < -0.3 is 10.4 Å². The molecule has 4 nitrogen and oxygen atoms in total. The van der Waals surface area contributed by atoms with Crippen LogP contribution in [-0.4, -0.2) is 22.6 Å².